The summed E-state index contributed by atoms with van der Waals surface area (Å²) in [4.78, 5) is 25.7. The minimum absolute atomic E-state index is 0.0270. The van der Waals surface area contributed by atoms with Crippen LogP contribution in [0.3, 0.4) is 0 Å². The van der Waals surface area contributed by atoms with Gasteiger partial charge in [-0.05, 0) is 31.2 Å². The smallest absolute Gasteiger partial charge is 0.354 e. The Labute approximate surface area is 117 Å². The van der Waals surface area contributed by atoms with Crippen LogP contribution in [0, 0.1) is 6.92 Å². The Bertz CT molecular complexity index is 649. The summed E-state index contributed by atoms with van der Waals surface area (Å²) in [6.45, 7) is 1.72. The van der Waals surface area contributed by atoms with Crippen molar-refractivity contribution < 1.29 is 14.7 Å². The average molecular weight is 323 g/mol. The molecule has 2 aromatic rings. The highest BCUT2D eigenvalue weighted by atomic mass is 79.9. The van der Waals surface area contributed by atoms with Crippen molar-refractivity contribution in [2.45, 2.75) is 6.92 Å². The number of aromatic carboxylic acids is 1. The molecule has 0 bridgehead atoms. The molecule has 1 amide bonds. The van der Waals surface area contributed by atoms with Crippen LogP contribution in [0.4, 0.5) is 5.69 Å². The van der Waals surface area contributed by atoms with Gasteiger partial charge < -0.3 is 15.4 Å². The second kappa shape index (κ2) is 5.27. The Morgan fingerprint density at radius 1 is 1.32 bits per heavy atom. The quantitative estimate of drug-likeness (QED) is 0.812. The lowest BCUT2D eigenvalue weighted by atomic mass is 10.2. The van der Waals surface area contributed by atoms with E-state index < -0.39 is 5.97 Å². The lowest BCUT2D eigenvalue weighted by molar-refractivity contribution is 0.0692. The Morgan fingerprint density at radius 2 is 2.05 bits per heavy atom. The maximum Gasteiger partial charge on any atom is 0.354 e. The molecule has 1 aromatic carbocycles. The maximum atomic E-state index is 12.0. The zero-order valence-electron chi connectivity index (χ0n) is 10.0. The van der Waals surface area contributed by atoms with Gasteiger partial charge in [-0.25, -0.2) is 4.79 Å². The number of carbonyl (C=O) groups excluding carboxylic acids is 1. The number of amides is 1. The fraction of sp³-hybridized carbons (Fsp3) is 0.0769. The van der Waals surface area contributed by atoms with E-state index in [0.717, 1.165) is 4.47 Å². The molecule has 2 rings (SSSR count). The first-order chi connectivity index (χ1) is 8.97. The molecule has 3 N–H and O–H groups in total. The predicted octanol–water partition coefficient (Wildman–Crippen LogP) is 3.04. The van der Waals surface area contributed by atoms with E-state index in [1.807, 2.05) is 0 Å². The van der Waals surface area contributed by atoms with Gasteiger partial charge >= 0.3 is 5.97 Å². The molecular weight excluding hydrogens is 312 g/mol. The van der Waals surface area contributed by atoms with Crippen molar-refractivity contribution >= 4 is 33.5 Å². The third-order valence-corrected chi connectivity index (χ3v) is 2.99. The van der Waals surface area contributed by atoms with Crippen LogP contribution in [0.25, 0.3) is 0 Å². The SMILES string of the molecule is Cc1cc(NC(=O)c2cccc(Br)c2)c(C(=O)O)[nH]1. The van der Waals surface area contributed by atoms with E-state index in [1.165, 1.54) is 0 Å². The largest absolute Gasteiger partial charge is 0.477 e. The highest BCUT2D eigenvalue weighted by molar-refractivity contribution is 9.10. The van der Waals surface area contributed by atoms with Gasteiger partial charge in [-0.15, -0.1) is 0 Å². The third kappa shape index (κ3) is 3.03. The fourth-order valence-electron chi connectivity index (χ4n) is 1.68. The first-order valence-electron chi connectivity index (χ1n) is 5.47. The zero-order chi connectivity index (χ0) is 14.0. The number of anilines is 1. The molecule has 5 nitrogen and oxygen atoms in total. The normalized spacial score (nSPS) is 10.2. The second-order valence-electron chi connectivity index (χ2n) is 4.01. The number of carboxylic acids is 1. The first kappa shape index (κ1) is 13.4. The van der Waals surface area contributed by atoms with Crippen LogP contribution in [0.2, 0.25) is 0 Å². The minimum Gasteiger partial charge on any atom is -0.477 e. The van der Waals surface area contributed by atoms with Crippen LogP contribution >= 0.6 is 15.9 Å². The number of aromatic amines is 1. The van der Waals surface area contributed by atoms with E-state index in [1.54, 1.807) is 37.3 Å². The van der Waals surface area contributed by atoms with Gasteiger partial charge in [0.1, 0.15) is 5.69 Å². The fourth-order valence-corrected chi connectivity index (χ4v) is 2.08. The summed E-state index contributed by atoms with van der Waals surface area (Å²) in [6, 6.07) is 8.44. The third-order valence-electron chi connectivity index (χ3n) is 2.50. The van der Waals surface area contributed by atoms with Crippen molar-refractivity contribution in [3.63, 3.8) is 0 Å². The summed E-state index contributed by atoms with van der Waals surface area (Å²) >= 11 is 3.28. The standard InChI is InChI=1S/C13H11BrN2O3/c1-7-5-10(11(15-7)13(18)19)16-12(17)8-3-2-4-9(14)6-8/h2-6,15H,1H3,(H,16,17)(H,18,19). The summed E-state index contributed by atoms with van der Waals surface area (Å²) < 4.78 is 0.781. The van der Waals surface area contributed by atoms with Gasteiger partial charge in [0.2, 0.25) is 0 Å². The van der Waals surface area contributed by atoms with Crippen LogP contribution in [-0.4, -0.2) is 22.0 Å². The topological polar surface area (TPSA) is 82.2 Å². The van der Waals surface area contributed by atoms with Crippen molar-refractivity contribution in [3.05, 3.63) is 51.8 Å². The van der Waals surface area contributed by atoms with Gasteiger partial charge in [0.05, 0.1) is 5.69 Å². The van der Waals surface area contributed by atoms with Crippen molar-refractivity contribution in [1.82, 2.24) is 4.98 Å². The summed E-state index contributed by atoms with van der Waals surface area (Å²) in [5, 5.41) is 11.6. The van der Waals surface area contributed by atoms with E-state index in [0.29, 0.717) is 11.3 Å². The number of aryl methyl sites for hydroxylation is 1. The van der Waals surface area contributed by atoms with Crippen molar-refractivity contribution in [1.29, 1.82) is 0 Å². The monoisotopic (exact) mass is 322 g/mol. The van der Waals surface area contributed by atoms with Crippen LogP contribution < -0.4 is 5.32 Å². The highest BCUT2D eigenvalue weighted by Gasteiger charge is 2.16. The molecule has 98 valence electrons. The lowest BCUT2D eigenvalue weighted by Gasteiger charge is -2.04. The van der Waals surface area contributed by atoms with Crippen LogP contribution in [0.1, 0.15) is 26.5 Å². The molecule has 0 aliphatic heterocycles. The number of H-pyrrole nitrogens is 1. The van der Waals surface area contributed by atoms with E-state index in [9.17, 15) is 9.59 Å². The molecule has 0 saturated carbocycles. The van der Waals surface area contributed by atoms with Gasteiger partial charge in [0.15, 0.2) is 0 Å². The number of carbonyl (C=O) groups is 2. The summed E-state index contributed by atoms with van der Waals surface area (Å²) in [7, 11) is 0. The summed E-state index contributed by atoms with van der Waals surface area (Å²) in [5.41, 5.74) is 1.35. The van der Waals surface area contributed by atoms with Gasteiger partial charge in [0.25, 0.3) is 5.91 Å². The molecule has 0 aliphatic rings. The molecule has 19 heavy (non-hydrogen) atoms. The van der Waals surface area contributed by atoms with Crippen LogP contribution in [0.5, 0.6) is 0 Å². The number of carboxylic acid groups (broad SMARTS) is 1. The van der Waals surface area contributed by atoms with E-state index in [4.69, 9.17) is 5.11 Å². The molecule has 1 heterocycles. The Morgan fingerprint density at radius 3 is 2.68 bits per heavy atom. The molecule has 0 saturated heterocycles. The number of halogens is 1. The summed E-state index contributed by atoms with van der Waals surface area (Å²) in [6.07, 6.45) is 0. The molecule has 0 atom stereocenters. The Balaban J connectivity index is 2.26. The van der Waals surface area contributed by atoms with Crippen LogP contribution in [-0.2, 0) is 0 Å². The molecule has 1 aromatic heterocycles. The number of hydrogen-bond acceptors (Lipinski definition) is 2. The molecule has 0 fully saturated rings. The van der Waals surface area contributed by atoms with Gasteiger partial charge in [-0.1, -0.05) is 22.0 Å². The Kier molecular flexibility index (Phi) is 3.71. The van der Waals surface area contributed by atoms with Crippen molar-refractivity contribution in [3.8, 4) is 0 Å². The number of benzene rings is 1. The first-order valence-corrected chi connectivity index (χ1v) is 6.26. The van der Waals surface area contributed by atoms with Crippen LogP contribution in [0.15, 0.2) is 34.8 Å². The predicted molar refractivity (Wildman–Crippen MR) is 74.6 cm³/mol. The molecule has 0 aliphatic carbocycles. The molecule has 0 unspecified atom stereocenters. The number of aromatic nitrogens is 1. The number of hydrogen-bond donors (Lipinski definition) is 3. The number of nitrogens with one attached hydrogen (secondary N) is 2. The highest BCUT2D eigenvalue weighted by Crippen LogP contribution is 2.19. The van der Waals surface area contributed by atoms with E-state index in [-0.39, 0.29) is 17.3 Å². The molecule has 0 spiro atoms. The molecular formula is C13H11BrN2O3. The average Bonchev–Trinajstić information content (AvgIpc) is 2.70. The maximum absolute atomic E-state index is 12.0. The van der Waals surface area contributed by atoms with Gasteiger partial charge in [-0.2, -0.15) is 0 Å². The number of rotatable bonds is 3. The second-order valence-corrected chi connectivity index (χ2v) is 4.93. The van der Waals surface area contributed by atoms with Crippen molar-refractivity contribution in [2.75, 3.05) is 5.32 Å². The van der Waals surface area contributed by atoms with E-state index in [2.05, 4.69) is 26.2 Å². The zero-order valence-corrected chi connectivity index (χ0v) is 11.6. The van der Waals surface area contributed by atoms with Gasteiger partial charge in [0, 0.05) is 15.7 Å². The molecule has 6 heteroatoms. The minimum atomic E-state index is -1.11. The molecule has 0 radical (unpaired) electrons. The lowest BCUT2D eigenvalue weighted by Crippen LogP contribution is -2.14. The summed E-state index contributed by atoms with van der Waals surface area (Å²) in [5.74, 6) is -1.47. The van der Waals surface area contributed by atoms with Gasteiger partial charge in [-0.3, -0.25) is 4.79 Å². The Hall–Kier alpha value is -2.08. The van der Waals surface area contributed by atoms with Crippen molar-refractivity contribution in [2.24, 2.45) is 0 Å². The van der Waals surface area contributed by atoms with E-state index >= 15 is 0 Å².